The monoisotopic (exact) mass is 216 g/mol. The highest BCUT2D eigenvalue weighted by molar-refractivity contribution is 5.37. The van der Waals surface area contributed by atoms with Crippen LogP contribution in [0, 0.1) is 0 Å². The largest absolute Gasteiger partial charge is 0.394 e. The lowest BCUT2D eigenvalue weighted by Crippen LogP contribution is -2.21. The maximum atomic E-state index is 11.7. The molecule has 0 atom stereocenters. The van der Waals surface area contributed by atoms with Crippen molar-refractivity contribution in [1.29, 1.82) is 0 Å². The Hall–Kier alpha value is -2.17. The minimum Gasteiger partial charge on any atom is -0.394 e. The van der Waals surface area contributed by atoms with E-state index in [9.17, 15) is 4.79 Å². The van der Waals surface area contributed by atoms with Crippen molar-refractivity contribution in [3.05, 3.63) is 46.8 Å². The Morgan fingerprint density at radius 1 is 1.44 bits per heavy atom. The molecule has 0 saturated heterocycles. The molecule has 2 aromatic rings. The molecule has 5 heteroatoms. The number of nitrogens with zero attached hydrogens (tertiary/aromatic N) is 3. The first kappa shape index (κ1) is 10.4. The SMILES string of the molecule is CCc1nccc(-n2cccc(N)c2=O)n1. The summed E-state index contributed by atoms with van der Waals surface area (Å²) in [6.45, 7) is 1.96. The van der Waals surface area contributed by atoms with Crippen molar-refractivity contribution in [2.45, 2.75) is 13.3 Å². The third-order valence-corrected chi connectivity index (χ3v) is 2.23. The van der Waals surface area contributed by atoms with Gasteiger partial charge >= 0.3 is 0 Å². The van der Waals surface area contributed by atoms with E-state index in [1.807, 2.05) is 6.92 Å². The second kappa shape index (κ2) is 4.14. The summed E-state index contributed by atoms with van der Waals surface area (Å²) in [5.41, 5.74) is 5.50. The Bertz CT molecular complexity index is 562. The van der Waals surface area contributed by atoms with Crippen molar-refractivity contribution in [2.75, 3.05) is 5.73 Å². The first-order valence-corrected chi connectivity index (χ1v) is 5.02. The number of nitrogens with two attached hydrogens (primary N) is 1. The lowest BCUT2D eigenvalue weighted by atomic mass is 10.4. The van der Waals surface area contributed by atoms with Gasteiger partial charge in [0.15, 0.2) is 0 Å². The van der Waals surface area contributed by atoms with Gasteiger partial charge < -0.3 is 5.73 Å². The fourth-order valence-electron chi connectivity index (χ4n) is 1.38. The molecule has 0 bridgehead atoms. The fourth-order valence-corrected chi connectivity index (χ4v) is 1.38. The van der Waals surface area contributed by atoms with Crippen molar-refractivity contribution >= 4 is 5.69 Å². The van der Waals surface area contributed by atoms with E-state index in [-0.39, 0.29) is 11.2 Å². The topological polar surface area (TPSA) is 73.8 Å². The van der Waals surface area contributed by atoms with Crippen LogP contribution in [0.1, 0.15) is 12.7 Å². The quantitative estimate of drug-likeness (QED) is 0.804. The lowest BCUT2D eigenvalue weighted by Gasteiger charge is -2.05. The van der Waals surface area contributed by atoms with Crippen LogP contribution in [-0.2, 0) is 6.42 Å². The molecule has 2 aromatic heterocycles. The van der Waals surface area contributed by atoms with E-state index in [2.05, 4.69) is 9.97 Å². The molecule has 0 unspecified atom stereocenters. The number of rotatable bonds is 2. The van der Waals surface area contributed by atoms with Crippen molar-refractivity contribution in [2.24, 2.45) is 0 Å². The zero-order valence-corrected chi connectivity index (χ0v) is 8.92. The van der Waals surface area contributed by atoms with E-state index in [0.717, 1.165) is 6.42 Å². The Morgan fingerprint density at radius 3 is 3.00 bits per heavy atom. The number of hydrogen-bond acceptors (Lipinski definition) is 4. The van der Waals surface area contributed by atoms with Gasteiger partial charge in [0.05, 0.1) is 5.69 Å². The second-order valence-corrected chi connectivity index (χ2v) is 3.32. The highest BCUT2D eigenvalue weighted by Crippen LogP contribution is 2.02. The minimum atomic E-state index is -0.261. The van der Waals surface area contributed by atoms with Crippen molar-refractivity contribution in [1.82, 2.24) is 14.5 Å². The summed E-state index contributed by atoms with van der Waals surface area (Å²) in [4.78, 5) is 20.1. The number of nitrogen functional groups attached to an aromatic ring is 1. The van der Waals surface area contributed by atoms with E-state index < -0.39 is 0 Å². The molecule has 2 rings (SSSR count). The summed E-state index contributed by atoms with van der Waals surface area (Å²) in [5, 5.41) is 0. The number of aromatic nitrogens is 3. The summed E-state index contributed by atoms with van der Waals surface area (Å²) < 4.78 is 1.41. The Balaban J connectivity index is 2.59. The molecule has 0 spiro atoms. The van der Waals surface area contributed by atoms with Gasteiger partial charge in [0.25, 0.3) is 5.56 Å². The molecule has 0 radical (unpaired) electrons. The van der Waals surface area contributed by atoms with Crippen LogP contribution in [0.5, 0.6) is 0 Å². The third-order valence-electron chi connectivity index (χ3n) is 2.23. The number of pyridine rings is 1. The van der Waals surface area contributed by atoms with Crippen molar-refractivity contribution in [3.8, 4) is 5.82 Å². The number of hydrogen-bond donors (Lipinski definition) is 1. The molecule has 82 valence electrons. The Morgan fingerprint density at radius 2 is 2.25 bits per heavy atom. The van der Waals surface area contributed by atoms with Crippen molar-refractivity contribution < 1.29 is 0 Å². The first-order chi connectivity index (χ1) is 7.72. The zero-order chi connectivity index (χ0) is 11.5. The molecule has 2 heterocycles. The van der Waals surface area contributed by atoms with Crippen LogP contribution in [0.25, 0.3) is 5.82 Å². The van der Waals surface area contributed by atoms with Gasteiger partial charge in [0.1, 0.15) is 11.6 Å². The Labute approximate surface area is 92.6 Å². The second-order valence-electron chi connectivity index (χ2n) is 3.32. The molecule has 0 aliphatic carbocycles. The molecule has 0 saturated carbocycles. The van der Waals surface area contributed by atoms with Gasteiger partial charge in [-0.3, -0.25) is 9.36 Å². The Kier molecular flexibility index (Phi) is 2.68. The van der Waals surface area contributed by atoms with Gasteiger partial charge in [-0.15, -0.1) is 0 Å². The van der Waals surface area contributed by atoms with E-state index >= 15 is 0 Å². The van der Waals surface area contributed by atoms with Gasteiger partial charge in [-0.2, -0.15) is 0 Å². The molecule has 2 N–H and O–H groups in total. The van der Waals surface area contributed by atoms with Crippen LogP contribution in [0.15, 0.2) is 35.4 Å². The maximum Gasteiger partial charge on any atom is 0.279 e. The van der Waals surface area contributed by atoms with E-state index in [1.165, 1.54) is 4.57 Å². The fraction of sp³-hybridized carbons (Fsp3) is 0.182. The molecule has 5 nitrogen and oxygen atoms in total. The van der Waals surface area contributed by atoms with Gasteiger partial charge in [-0.05, 0) is 18.2 Å². The zero-order valence-electron chi connectivity index (χ0n) is 8.92. The predicted molar refractivity (Wildman–Crippen MR) is 61.4 cm³/mol. The van der Waals surface area contributed by atoms with E-state index in [1.54, 1.807) is 30.6 Å². The standard InChI is InChI=1S/C11H12N4O/c1-2-9-13-6-5-10(14-9)15-7-3-4-8(12)11(15)16/h3-7H,2,12H2,1H3. The highest BCUT2D eigenvalue weighted by Gasteiger charge is 2.03. The first-order valence-electron chi connectivity index (χ1n) is 5.02. The van der Waals surface area contributed by atoms with Crippen LogP contribution in [0.2, 0.25) is 0 Å². The molecular weight excluding hydrogens is 204 g/mol. The summed E-state index contributed by atoms with van der Waals surface area (Å²) in [6, 6.07) is 4.96. The lowest BCUT2D eigenvalue weighted by molar-refractivity contribution is 0.869. The average Bonchev–Trinajstić information content (AvgIpc) is 2.33. The molecule has 0 fully saturated rings. The smallest absolute Gasteiger partial charge is 0.279 e. The van der Waals surface area contributed by atoms with Gasteiger partial charge in [-0.1, -0.05) is 6.92 Å². The van der Waals surface area contributed by atoms with Crippen LogP contribution < -0.4 is 11.3 Å². The van der Waals surface area contributed by atoms with Crippen LogP contribution >= 0.6 is 0 Å². The van der Waals surface area contributed by atoms with E-state index in [4.69, 9.17) is 5.73 Å². The summed E-state index contributed by atoms with van der Waals surface area (Å²) in [5.74, 6) is 1.25. The number of anilines is 1. The molecular formula is C11H12N4O. The van der Waals surface area contributed by atoms with Crippen LogP contribution in [-0.4, -0.2) is 14.5 Å². The molecule has 0 aliphatic heterocycles. The van der Waals surface area contributed by atoms with Crippen molar-refractivity contribution in [3.63, 3.8) is 0 Å². The number of aryl methyl sites for hydroxylation is 1. The molecule has 0 aliphatic rings. The third kappa shape index (κ3) is 1.79. The average molecular weight is 216 g/mol. The van der Waals surface area contributed by atoms with Gasteiger partial charge in [0.2, 0.25) is 0 Å². The summed E-state index contributed by atoms with van der Waals surface area (Å²) in [7, 11) is 0. The predicted octanol–water partition coefficient (Wildman–Crippen LogP) is 0.772. The van der Waals surface area contributed by atoms with Gasteiger partial charge in [0, 0.05) is 18.8 Å². The minimum absolute atomic E-state index is 0.208. The molecule has 0 amide bonds. The summed E-state index contributed by atoms with van der Waals surface area (Å²) >= 11 is 0. The molecule has 0 aromatic carbocycles. The van der Waals surface area contributed by atoms with E-state index in [0.29, 0.717) is 11.6 Å². The maximum absolute atomic E-state index is 11.7. The summed E-state index contributed by atoms with van der Waals surface area (Å²) in [6.07, 6.45) is 4.00. The highest BCUT2D eigenvalue weighted by atomic mass is 16.1. The molecule has 16 heavy (non-hydrogen) atoms. The van der Waals surface area contributed by atoms with Crippen LogP contribution in [0.4, 0.5) is 5.69 Å². The van der Waals surface area contributed by atoms with Gasteiger partial charge in [-0.25, -0.2) is 9.97 Å². The van der Waals surface area contributed by atoms with Crippen LogP contribution in [0.3, 0.4) is 0 Å². The normalized spacial score (nSPS) is 10.3.